The number of para-hydroxylation sites is 1. The lowest BCUT2D eigenvalue weighted by atomic mass is 10.1. The van der Waals surface area contributed by atoms with Crippen LogP contribution in [0.25, 0.3) is 0 Å². The maximum atomic E-state index is 12.7. The predicted molar refractivity (Wildman–Crippen MR) is 116 cm³/mol. The fourth-order valence-corrected chi connectivity index (χ4v) is 4.01. The summed E-state index contributed by atoms with van der Waals surface area (Å²) in [6.45, 7) is 0.869. The average molecular weight is 399 g/mol. The van der Waals surface area contributed by atoms with Gasteiger partial charge in [0, 0.05) is 17.8 Å². The summed E-state index contributed by atoms with van der Waals surface area (Å²) in [7, 11) is 0. The summed E-state index contributed by atoms with van der Waals surface area (Å²) in [5.74, 6) is 1.22. The highest BCUT2D eigenvalue weighted by molar-refractivity contribution is 6.08. The Bertz CT molecular complexity index is 1100. The number of hydrogen-bond donors (Lipinski definition) is 2. The molecule has 0 bridgehead atoms. The molecule has 150 valence electrons. The number of benzene rings is 3. The molecule has 3 aromatic rings. The van der Waals surface area contributed by atoms with E-state index in [1.54, 1.807) is 24.3 Å². The molecule has 1 fully saturated rings. The van der Waals surface area contributed by atoms with Crippen molar-refractivity contribution in [3.8, 4) is 11.5 Å². The van der Waals surface area contributed by atoms with Crippen molar-refractivity contribution in [1.29, 1.82) is 0 Å². The molecule has 0 radical (unpaired) electrons. The van der Waals surface area contributed by atoms with Crippen LogP contribution in [0.15, 0.2) is 72.8 Å². The Morgan fingerprint density at radius 2 is 1.77 bits per heavy atom. The first-order valence-corrected chi connectivity index (χ1v) is 10.0. The zero-order valence-electron chi connectivity index (χ0n) is 16.3. The van der Waals surface area contributed by atoms with E-state index in [4.69, 9.17) is 4.74 Å². The number of fused-ring (bicyclic) bond motifs is 3. The first kappa shape index (κ1) is 18.2. The largest absolute Gasteiger partial charge is 0.457 e. The number of hydrogen-bond acceptors (Lipinski definition) is 4. The number of nitrogens with one attached hydrogen (secondary N) is 2. The number of ether oxygens (including phenoxy) is 1. The maximum Gasteiger partial charge on any atom is 0.255 e. The Morgan fingerprint density at radius 3 is 2.57 bits per heavy atom. The summed E-state index contributed by atoms with van der Waals surface area (Å²) in [4.78, 5) is 27.2. The van der Waals surface area contributed by atoms with E-state index < -0.39 is 0 Å². The van der Waals surface area contributed by atoms with E-state index in [2.05, 4.69) is 15.5 Å². The minimum Gasteiger partial charge on any atom is -0.457 e. The third kappa shape index (κ3) is 3.48. The Balaban J connectivity index is 1.29. The van der Waals surface area contributed by atoms with Crippen molar-refractivity contribution in [1.82, 2.24) is 0 Å². The van der Waals surface area contributed by atoms with Gasteiger partial charge in [-0.15, -0.1) is 0 Å². The maximum absolute atomic E-state index is 12.7. The molecule has 2 aliphatic rings. The van der Waals surface area contributed by atoms with Gasteiger partial charge >= 0.3 is 0 Å². The van der Waals surface area contributed by atoms with Gasteiger partial charge in [0.25, 0.3) is 5.91 Å². The molecule has 2 N–H and O–H groups in total. The quantitative estimate of drug-likeness (QED) is 0.670. The monoisotopic (exact) mass is 399 g/mol. The number of rotatable bonds is 4. The van der Waals surface area contributed by atoms with E-state index in [1.165, 1.54) is 0 Å². The van der Waals surface area contributed by atoms with Crippen molar-refractivity contribution in [2.75, 3.05) is 22.1 Å². The second-order valence-corrected chi connectivity index (χ2v) is 7.47. The summed E-state index contributed by atoms with van der Waals surface area (Å²) in [5.41, 5.74) is 2.84. The van der Waals surface area contributed by atoms with Gasteiger partial charge in [-0.25, -0.2) is 0 Å². The highest BCUT2D eigenvalue weighted by Gasteiger charge is 2.36. The lowest BCUT2D eigenvalue weighted by Crippen LogP contribution is -2.43. The fourth-order valence-electron chi connectivity index (χ4n) is 4.01. The molecule has 0 aromatic heterocycles. The molecular formula is C24H21N3O3. The molecule has 2 aliphatic heterocycles. The number of nitrogens with zero attached hydrogens (tertiary/aromatic N) is 1. The smallest absolute Gasteiger partial charge is 0.255 e. The van der Waals surface area contributed by atoms with Crippen LogP contribution in [-0.4, -0.2) is 24.4 Å². The van der Waals surface area contributed by atoms with Gasteiger partial charge < -0.3 is 20.3 Å². The average Bonchev–Trinajstić information content (AvgIpc) is 3.26. The Labute approximate surface area is 174 Å². The molecule has 1 atom stereocenters. The van der Waals surface area contributed by atoms with Crippen molar-refractivity contribution in [2.45, 2.75) is 18.9 Å². The van der Waals surface area contributed by atoms with Crippen LogP contribution >= 0.6 is 0 Å². The van der Waals surface area contributed by atoms with E-state index in [-0.39, 0.29) is 17.9 Å². The normalized spacial score (nSPS) is 17.0. The molecule has 3 aromatic carbocycles. The Hall–Kier alpha value is -3.80. The SMILES string of the molecule is O=C(Nc1ccc(Oc2ccccc2)cc1)c1ccc2c(c1)NC(=O)[C@@H]1CCCN21. The Kier molecular flexibility index (Phi) is 4.59. The van der Waals surface area contributed by atoms with Crippen molar-refractivity contribution in [3.05, 3.63) is 78.4 Å². The van der Waals surface area contributed by atoms with Crippen molar-refractivity contribution >= 4 is 28.9 Å². The molecule has 0 aliphatic carbocycles. The summed E-state index contributed by atoms with van der Waals surface area (Å²) in [6, 6.07) is 22.1. The molecule has 6 heteroatoms. The zero-order valence-corrected chi connectivity index (χ0v) is 16.3. The van der Waals surface area contributed by atoms with Crippen LogP contribution in [0.4, 0.5) is 17.1 Å². The molecule has 2 amide bonds. The first-order chi connectivity index (χ1) is 14.7. The summed E-state index contributed by atoms with van der Waals surface area (Å²) >= 11 is 0. The van der Waals surface area contributed by atoms with Gasteiger partial charge in [-0.1, -0.05) is 18.2 Å². The Morgan fingerprint density at radius 1 is 1.00 bits per heavy atom. The van der Waals surface area contributed by atoms with Gasteiger partial charge in [-0.05, 0) is 67.4 Å². The lowest BCUT2D eigenvalue weighted by Gasteiger charge is -2.33. The topological polar surface area (TPSA) is 70.7 Å². The molecule has 0 spiro atoms. The number of carbonyl (C=O) groups is 2. The minimum absolute atomic E-state index is 0.00608. The molecule has 6 nitrogen and oxygen atoms in total. The van der Waals surface area contributed by atoms with Crippen LogP contribution in [0, 0.1) is 0 Å². The van der Waals surface area contributed by atoms with Gasteiger partial charge in [0.15, 0.2) is 0 Å². The molecule has 0 unspecified atom stereocenters. The molecular weight excluding hydrogens is 378 g/mol. The van der Waals surface area contributed by atoms with E-state index in [0.29, 0.717) is 22.7 Å². The van der Waals surface area contributed by atoms with Gasteiger partial charge in [0.05, 0.1) is 11.4 Å². The number of amides is 2. The van der Waals surface area contributed by atoms with Crippen LogP contribution < -0.4 is 20.3 Å². The van der Waals surface area contributed by atoms with Crippen LogP contribution in [0.2, 0.25) is 0 Å². The number of anilines is 3. The van der Waals surface area contributed by atoms with Crippen molar-refractivity contribution < 1.29 is 14.3 Å². The van der Waals surface area contributed by atoms with Gasteiger partial charge in [0.1, 0.15) is 17.5 Å². The third-order valence-electron chi connectivity index (χ3n) is 5.47. The van der Waals surface area contributed by atoms with E-state index >= 15 is 0 Å². The fraction of sp³-hybridized carbons (Fsp3) is 0.167. The van der Waals surface area contributed by atoms with Crippen molar-refractivity contribution in [2.24, 2.45) is 0 Å². The molecule has 30 heavy (non-hydrogen) atoms. The van der Waals surface area contributed by atoms with E-state index in [0.717, 1.165) is 30.8 Å². The van der Waals surface area contributed by atoms with Crippen molar-refractivity contribution in [3.63, 3.8) is 0 Å². The highest BCUT2D eigenvalue weighted by Crippen LogP contribution is 2.37. The lowest BCUT2D eigenvalue weighted by molar-refractivity contribution is -0.117. The molecule has 1 saturated heterocycles. The first-order valence-electron chi connectivity index (χ1n) is 10.0. The van der Waals surface area contributed by atoms with Gasteiger partial charge in [-0.2, -0.15) is 0 Å². The summed E-state index contributed by atoms with van der Waals surface area (Å²) in [6.07, 6.45) is 1.88. The predicted octanol–water partition coefficient (Wildman–Crippen LogP) is 4.65. The highest BCUT2D eigenvalue weighted by atomic mass is 16.5. The van der Waals surface area contributed by atoms with Crippen LogP contribution in [0.3, 0.4) is 0 Å². The van der Waals surface area contributed by atoms with Gasteiger partial charge in [-0.3, -0.25) is 9.59 Å². The standard InChI is InChI=1S/C24H21N3O3/c28-23(25-17-9-11-19(12-10-17)30-18-5-2-1-3-6-18)16-8-13-21-20(15-16)26-24(29)22-7-4-14-27(21)22/h1-3,5-6,8-13,15,22H,4,7,14H2,(H,25,28)(H,26,29)/t22-/m0/s1. The van der Waals surface area contributed by atoms with E-state index in [9.17, 15) is 9.59 Å². The van der Waals surface area contributed by atoms with Crippen LogP contribution in [0.5, 0.6) is 11.5 Å². The minimum atomic E-state index is -0.229. The van der Waals surface area contributed by atoms with Gasteiger partial charge in [0.2, 0.25) is 5.91 Å². The zero-order chi connectivity index (χ0) is 20.5. The molecule has 5 rings (SSSR count). The van der Waals surface area contributed by atoms with Crippen LogP contribution in [-0.2, 0) is 4.79 Å². The summed E-state index contributed by atoms with van der Waals surface area (Å²) in [5, 5.41) is 5.84. The molecule has 0 saturated carbocycles. The molecule has 2 heterocycles. The van der Waals surface area contributed by atoms with Crippen LogP contribution in [0.1, 0.15) is 23.2 Å². The second-order valence-electron chi connectivity index (χ2n) is 7.47. The summed E-state index contributed by atoms with van der Waals surface area (Å²) < 4.78 is 5.77. The second kappa shape index (κ2) is 7.55. The number of carbonyl (C=O) groups excluding carboxylic acids is 2. The van der Waals surface area contributed by atoms with E-state index in [1.807, 2.05) is 48.5 Å². The third-order valence-corrected chi connectivity index (χ3v) is 5.47.